The van der Waals surface area contributed by atoms with Gasteiger partial charge in [-0.2, -0.15) is 0 Å². The van der Waals surface area contributed by atoms with Crippen LogP contribution in [-0.2, 0) is 0 Å². The van der Waals surface area contributed by atoms with Gasteiger partial charge in [0, 0.05) is 6.54 Å². The number of nitrogens with one attached hydrogen (secondary N) is 1. The standard InChI is InChI=1S/C15H18N2O3/c1-20-13-4-5-14(15(8-13)17(18)19)16-9-12-7-10-2-3-11(12)6-10/h2-5,8,10-12,16H,6-7,9H2,1H3. The zero-order valence-corrected chi connectivity index (χ0v) is 11.4. The number of allylic oxidation sites excluding steroid dienone is 2. The van der Waals surface area contributed by atoms with E-state index >= 15 is 0 Å². The van der Waals surface area contributed by atoms with Crippen LogP contribution in [0.15, 0.2) is 30.4 Å². The Morgan fingerprint density at radius 2 is 2.25 bits per heavy atom. The largest absolute Gasteiger partial charge is 0.496 e. The molecule has 1 N–H and O–H groups in total. The second-order valence-electron chi connectivity index (χ2n) is 5.56. The van der Waals surface area contributed by atoms with Crippen molar-refractivity contribution in [2.45, 2.75) is 12.8 Å². The number of ether oxygens (including phenoxy) is 1. The molecule has 1 fully saturated rings. The SMILES string of the molecule is COc1ccc(NCC2CC3C=CC2C3)c([N+](=O)[O-])c1. The van der Waals surface area contributed by atoms with E-state index in [1.807, 2.05) is 0 Å². The van der Waals surface area contributed by atoms with Crippen LogP contribution in [0.5, 0.6) is 5.75 Å². The van der Waals surface area contributed by atoms with Gasteiger partial charge >= 0.3 is 0 Å². The summed E-state index contributed by atoms with van der Waals surface area (Å²) in [6.07, 6.45) is 7.04. The summed E-state index contributed by atoms with van der Waals surface area (Å²) in [4.78, 5) is 10.7. The predicted molar refractivity (Wildman–Crippen MR) is 77.0 cm³/mol. The van der Waals surface area contributed by atoms with Crippen LogP contribution in [0.4, 0.5) is 11.4 Å². The molecule has 0 heterocycles. The number of benzene rings is 1. The van der Waals surface area contributed by atoms with Gasteiger partial charge in [0.25, 0.3) is 5.69 Å². The molecule has 3 rings (SSSR count). The van der Waals surface area contributed by atoms with Gasteiger partial charge in [-0.3, -0.25) is 10.1 Å². The Hall–Kier alpha value is -2.04. The molecule has 0 spiro atoms. The lowest BCUT2D eigenvalue weighted by atomic mass is 9.93. The van der Waals surface area contributed by atoms with E-state index in [4.69, 9.17) is 4.74 Å². The topological polar surface area (TPSA) is 64.4 Å². The quantitative estimate of drug-likeness (QED) is 0.508. The molecule has 0 saturated heterocycles. The lowest BCUT2D eigenvalue weighted by Crippen LogP contribution is -2.18. The number of nitro benzene ring substituents is 1. The molecule has 2 aliphatic rings. The maximum Gasteiger partial charge on any atom is 0.296 e. The van der Waals surface area contributed by atoms with Crippen LogP contribution in [0.3, 0.4) is 0 Å². The van der Waals surface area contributed by atoms with E-state index < -0.39 is 0 Å². The second-order valence-corrected chi connectivity index (χ2v) is 5.56. The molecule has 0 aliphatic heterocycles. The van der Waals surface area contributed by atoms with E-state index in [1.165, 1.54) is 26.0 Å². The van der Waals surface area contributed by atoms with E-state index in [-0.39, 0.29) is 10.6 Å². The van der Waals surface area contributed by atoms with Gasteiger partial charge in [0.05, 0.1) is 18.1 Å². The number of hydrogen-bond acceptors (Lipinski definition) is 4. The number of hydrogen-bond donors (Lipinski definition) is 1. The van der Waals surface area contributed by atoms with Crippen molar-refractivity contribution in [3.8, 4) is 5.75 Å². The van der Waals surface area contributed by atoms with Crippen molar-refractivity contribution in [1.82, 2.24) is 0 Å². The molecule has 20 heavy (non-hydrogen) atoms. The van der Waals surface area contributed by atoms with E-state index in [9.17, 15) is 10.1 Å². The summed E-state index contributed by atoms with van der Waals surface area (Å²) >= 11 is 0. The average molecular weight is 274 g/mol. The molecule has 2 aliphatic carbocycles. The highest BCUT2D eigenvalue weighted by atomic mass is 16.6. The van der Waals surface area contributed by atoms with Crippen molar-refractivity contribution in [3.63, 3.8) is 0 Å². The van der Waals surface area contributed by atoms with Crippen molar-refractivity contribution >= 4 is 11.4 Å². The molecule has 5 heteroatoms. The summed E-state index contributed by atoms with van der Waals surface area (Å²) in [6.45, 7) is 0.790. The van der Waals surface area contributed by atoms with Gasteiger partial charge in [-0.25, -0.2) is 0 Å². The Morgan fingerprint density at radius 3 is 2.85 bits per heavy atom. The zero-order valence-electron chi connectivity index (χ0n) is 11.4. The maximum absolute atomic E-state index is 11.1. The highest BCUT2D eigenvalue weighted by Gasteiger charge is 2.35. The van der Waals surface area contributed by atoms with Crippen molar-refractivity contribution in [1.29, 1.82) is 0 Å². The fourth-order valence-electron chi connectivity index (χ4n) is 3.31. The monoisotopic (exact) mass is 274 g/mol. The van der Waals surface area contributed by atoms with Gasteiger partial charge in [-0.05, 0) is 42.7 Å². The van der Waals surface area contributed by atoms with Crippen molar-refractivity contribution in [3.05, 3.63) is 40.5 Å². The first-order chi connectivity index (χ1) is 9.67. The van der Waals surface area contributed by atoms with Crippen LogP contribution in [-0.4, -0.2) is 18.6 Å². The molecular formula is C15H18N2O3. The van der Waals surface area contributed by atoms with Crippen molar-refractivity contribution < 1.29 is 9.66 Å². The molecule has 0 radical (unpaired) electrons. The smallest absolute Gasteiger partial charge is 0.296 e. The third kappa shape index (κ3) is 2.35. The molecule has 0 amide bonds. The van der Waals surface area contributed by atoms with E-state index in [0.717, 1.165) is 12.5 Å². The van der Waals surface area contributed by atoms with Gasteiger partial charge in [-0.1, -0.05) is 12.2 Å². The molecule has 3 atom stereocenters. The summed E-state index contributed by atoms with van der Waals surface area (Å²) in [5.41, 5.74) is 0.644. The zero-order chi connectivity index (χ0) is 14.1. The number of fused-ring (bicyclic) bond motifs is 2. The van der Waals surface area contributed by atoms with E-state index in [0.29, 0.717) is 23.3 Å². The summed E-state index contributed by atoms with van der Waals surface area (Å²) in [5.74, 6) is 2.46. The summed E-state index contributed by atoms with van der Waals surface area (Å²) < 4.78 is 5.04. The predicted octanol–water partition coefficient (Wildman–Crippen LogP) is 3.23. The Morgan fingerprint density at radius 1 is 1.40 bits per heavy atom. The summed E-state index contributed by atoms with van der Waals surface area (Å²) in [7, 11) is 1.51. The van der Waals surface area contributed by atoms with Crippen molar-refractivity contribution in [2.24, 2.45) is 17.8 Å². The van der Waals surface area contributed by atoms with E-state index in [2.05, 4.69) is 17.5 Å². The van der Waals surface area contributed by atoms with E-state index in [1.54, 1.807) is 12.1 Å². The number of nitrogens with zero attached hydrogens (tertiary/aromatic N) is 1. The first-order valence-corrected chi connectivity index (χ1v) is 6.92. The molecule has 5 nitrogen and oxygen atoms in total. The highest BCUT2D eigenvalue weighted by Crippen LogP contribution is 2.43. The van der Waals surface area contributed by atoms with Crippen LogP contribution < -0.4 is 10.1 Å². The molecule has 1 aromatic rings. The Labute approximate surface area is 117 Å². The first-order valence-electron chi connectivity index (χ1n) is 6.92. The average Bonchev–Trinajstić information content (AvgIpc) is 3.07. The van der Waals surface area contributed by atoms with Crippen LogP contribution in [0.1, 0.15) is 12.8 Å². The molecule has 0 aromatic heterocycles. The van der Waals surface area contributed by atoms with Gasteiger partial charge < -0.3 is 10.1 Å². The molecule has 1 saturated carbocycles. The van der Waals surface area contributed by atoms with Gasteiger partial charge in [-0.15, -0.1) is 0 Å². The minimum absolute atomic E-state index is 0.0723. The van der Waals surface area contributed by atoms with Gasteiger partial charge in [0.15, 0.2) is 0 Å². The molecular weight excluding hydrogens is 256 g/mol. The molecule has 1 aromatic carbocycles. The molecule has 3 unspecified atom stereocenters. The van der Waals surface area contributed by atoms with Crippen LogP contribution in [0.2, 0.25) is 0 Å². The Balaban J connectivity index is 1.70. The second kappa shape index (κ2) is 5.15. The minimum Gasteiger partial charge on any atom is -0.496 e. The third-order valence-corrected chi connectivity index (χ3v) is 4.37. The van der Waals surface area contributed by atoms with Gasteiger partial charge in [0.1, 0.15) is 11.4 Å². The fraction of sp³-hybridized carbons (Fsp3) is 0.467. The van der Waals surface area contributed by atoms with Crippen molar-refractivity contribution in [2.75, 3.05) is 19.0 Å². The minimum atomic E-state index is -0.369. The maximum atomic E-state index is 11.1. The summed E-state index contributed by atoms with van der Waals surface area (Å²) in [5, 5.41) is 14.4. The van der Waals surface area contributed by atoms with Gasteiger partial charge in [0.2, 0.25) is 0 Å². The highest BCUT2D eigenvalue weighted by molar-refractivity contribution is 5.63. The van der Waals surface area contributed by atoms with Crippen LogP contribution in [0, 0.1) is 27.9 Å². The third-order valence-electron chi connectivity index (χ3n) is 4.37. The summed E-state index contributed by atoms with van der Waals surface area (Å²) in [6, 6.07) is 4.93. The Bertz CT molecular complexity index is 556. The number of methoxy groups -OCH3 is 1. The van der Waals surface area contributed by atoms with Crippen LogP contribution in [0.25, 0.3) is 0 Å². The number of rotatable bonds is 5. The molecule has 106 valence electrons. The Kier molecular flexibility index (Phi) is 3.34. The van der Waals surface area contributed by atoms with Crippen LogP contribution >= 0.6 is 0 Å². The number of anilines is 1. The normalized spacial score (nSPS) is 26.8. The first kappa shape index (κ1) is 13.0. The lowest BCUT2D eigenvalue weighted by Gasteiger charge is -2.19. The molecule has 2 bridgehead atoms. The number of nitro groups is 1. The lowest BCUT2D eigenvalue weighted by molar-refractivity contribution is -0.384. The fourth-order valence-corrected chi connectivity index (χ4v) is 3.31.